The minimum absolute atomic E-state index is 0.289. The van der Waals surface area contributed by atoms with Crippen LogP contribution in [-0.2, 0) is 11.3 Å². The van der Waals surface area contributed by atoms with Gasteiger partial charge in [0, 0.05) is 29.3 Å². The van der Waals surface area contributed by atoms with E-state index < -0.39 is 0 Å². The van der Waals surface area contributed by atoms with Crippen LogP contribution in [0.1, 0.15) is 74.4 Å². The predicted octanol–water partition coefficient (Wildman–Crippen LogP) is 8.34. The molecule has 0 spiro atoms. The van der Waals surface area contributed by atoms with Crippen LogP contribution in [-0.4, -0.2) is 6.61 Å². The summed E-state index contributed by atoms with van der Waals surface area (Å²) in [6, 6.07) is 27.0. The summed E-state index contributed by atoms with van der Waals surface area (Å²) in [5.41, 5.74) is 11.6. The lowest BCUT2D eigenvalue weighted by molar-refractivity contribution is -0.797. The van der Waals surface area contributed by atoms with E-state index >= 15 is 0 Å². The third-order valence-corrected chi connectivity index (χ3v) is 8.73. The average molecular weight is 543 g/mol. The number of rotatable bonds is 6. The zero-order chi connectivity index (χ0) is 28.7. The van der Waals surface area contributed by atoms with Crippen molar-refractivity contribution in [2.75, 3.05) is 6.61 Å². The fourth-order valence-electron chi connectivity index (χ4n) is 6.64. The monoisotopic (exact) mass is 542 g/mol. The molecule has 0 amide bonds. The van der Waals surface area contributed by atoms with Crippen LogP contribution in [0.5, 0.6) is 0 Å². The highest BCUT2D eigenvalue weighted by atomic mass is 16.5. The second-order valence-corrected chi connectivity index (χ2v) is 12.4. The van der Waals surface area contributed by atoms with Gasteiger partial charge in [0.25, 0.3) is 0 Å². The van der Waals surface area contributed by atoms with Gasteiger partial charge in [0.05, 0.1) is 18.1 Å². The van der Waals surface area contributed by atoms with Crippen LogP contribution in [0.4, 0.5) is 0 Å². The summed E-state index contributed by atoms with van der Waals surface area (Å²) in [5, 5.41) is 0. The fraction of sp³-hybridized carbons (Fsp3) is 0.316. The number of aromatic nitrogens is 2. The fourth-order valence-corrected chi connectivity index (χ4v) is 6.64. The first-order chi connectivity index (χ1) is 19.8. The van der Waals surface area contributed by atoms with Gasteiger partial charge in [-0.15, -0.1) is 0 Å². The van der Waals surface area contributed by atoms with Gasteiger partial charge in [-0.1, -0.05) is 82.8 Å². The minimum atomic E-state index is 0.289. The van der Waals surface area contributed by atoms with Crippen molar-refractivity contribution in [2.45, 2.75) is 65.5 Å². The van der Waals surface area contributed by atoms with Gasteiger partial charge in [0.2, 0.25) is 24.0 Å². The second-order valence-electron chi connectivity index (χ2n) is 12.4. The quantitative estimate of drug-likeness (QED) is 0.177. The molecule has 2 aliphatic heterocycles. The maximum Gasteiger partial charge on any atom is 0.223 e. The molecule has 0 radical (unpaired) electrons. The SMILES string of the molecule is C=C(OCC(C)C)/C1=C/CC2c3ccccc3-c3cccc[n+]3C2C[n+]2cc(C(C)C)c(-c3ccccc3C)cc21. The number of hydrogen-bond donors (Lipinski definition) is 0. The molecule has 2 aliphatic rings. The van der Waals surface area contributed by atoms with Crippen LogP contribution < -0.4 is 9.13 Å². The number of pyridine rings is 2. The highest BCUT2D eigenvalue weighted by molar-refractivity contribution is 5.78. The standard InChI is InChI=1S/C38H42N2O/c1-25(2)24-41-28(6)30-18-19-33-31-15-9-10-16-32(31)36-17-11-12-20-40(36)38(33)23-39-22-35(26(3)4)34(21-37(30)39)29-14-8-7-13-27(29)5/h7-18,20-22,25-26,33,38H,6,19,23-24H2,1-5H3/q+2/b30-18-. The highest BCUT2D eigenvalue weighted by Gasteiger charge is 2.44. The number of benzene rings is 2. The van der Waals surface area contributed by atoms with Gasteiger partial charge >= 0.3 is 0 Å². The molecule has 0 saturated heterocycles. The summed E-state index contributed by atoms with van der Waals surface area (Å²) in [4.78, 5) is 0. The van der Waals surface area contributed by atoms with Crippen molar-refractivity contribution in [1.82, 2.24) is 0 Å². The van der Waals surface area contributed by atoms with Crippen LogP contribution in [0.15, 0.2) is 104 Å². The van der Waals surface area contributed by atoms with Crippen LogP contribution in [0, 0.1) is 12.8 Å². The lowest BCUT2D eigenvalue weighted by Gasteiger charge is -2.30. The number of nitrogens with zero attached hydrogens (tertiary/aromatic N) is 2. The van der Waals surface area contributed by atoms with Gasteiger partial charge in [-0.25, -0.2) is 0 Å². The van der Waals surface area contributed by atoms with Crippen molar-refractivity contribution < 1.29 is 13.9 Å². The van der Waals surface area contributed by atoms with Crippen molar-refractivity contribution >= 4 is 5.57 Å². The third kappa shape index (κ3) is 5.03. The molecule has 0 saturated carbocycles. The van der Waals surface area contributed by atoms with Crippen molar-refractivity contribution in [3.8, 4) is 22.4 Å². The maximum atomic E-state index is 6.32. The van der Waals surface area contributed by atoms with E-state index in [9.17, 15) is 0 Å². The Morgan fingerprint density at radius 2 is 1.63 bits per heavy atom. The predicted molar refractivity (Wildman–Crippen MR) is 167 cm³/mol. The molecule has 3 heteroatoms. The number of hydrogen-bond acceptors (Lipinski definition) is 1. The highest BCUT2D eigenvalue weighted by Crippen LogP contribution is 2.43. The summed E-state index contributed by atoms with van der Waals surface area (Å²) in [6.07, 6.45) is 8.00. The van der Waals surface area contributed by atoms with E-state index in [1.165, 1.54) is 44.8 Å². The van der Waals surface area contributed by atoms with Gasteiger partial charge in [0.15, 0.2) is 12.4 Å². The van der Waals surface area contributed by atoms with E-state index in [-0.39, 0.29) is 6.04 Å². The molecule has 0 fully saturated rings. The Bertz CT molecular complexity index is 1640. The molecule has 0 N–H and O–H groups in total. The molecule has 2 atom stereocenters. The summed E-state index contributed by atoms with van der Waals surface area (Å²) < 4.78 is 11.3. The lowest BCUT2D eigenvalue weighted by Crippen LogP contribution is -2.55. The molecular weight excluding hydrogens is 500 g/mol. The van der Waals surface area contributed by atoms with E-state index in [0.717, 1.165) is 24.3 Å². The number of ether oxygens (including phenoxy) is 1. The molecular formula is C38H42N2O+2. The van der Waals surface area contributed by atoms with Gasteiger partial charge in [-0.3, -0.25) is 0 Å². The molecule has 2 aromatic carbocycles. The van der Waals surface area contributed by atoms with E-state index in [1.54, 1.807) is 0 Å². The van der Waals surface area contributed by atoms with Gasteiger partial charge in [-0.2, -0.15) is 9.13 Å². The molecule has 41 heavy (non-hydrogen) atoms. The van der Waals surface area contributed by atoms with Crippen LogP contribution in [0.2, 0.25) is 0 Å². The summed E-state index contributed by atoms with van der Waals surface area (Å²) in [6.45, 7) is 17.2. The van der Waals surface area contributed by atoms with Crippen LogP contribution in [0.3, 0.4) is 0 Å². The molecule has 208 valence electrons. The van der Waals surface area contributed by atoms with Crippen molar-refractivity contribution in [3.05, 3.63) is 126 Å². The van der Waals surface area contributed by atoms with Gasteiger partial charge in [-0.05, 0) is 59.6 Å². The van der Waals surface area contributed by atoms with E-state index in [4.69, 9.17) is 4.74 Å². The molecule has 2 unspecified atom stereocenters. The lowest BCUT2D eigenvalue weighted by atomic mass is 9.79. The Morgan fingerprint density at radius 3 is 2.39 bits per heavy atom. The first-order valence-electron chi connectivity index (χ1n) is 15.1. The minimum Gasteiger partial charge on any atom is -0.493 e. The molecule has 0 bridgehead atoms. The smallest absolute Gasteiger partial charge is 0.223 e. The van der Waals surface area contributed by atoms with Crippen molar-refractivity contribution in [3.63, 3.8) is 0 Å². The van der Waals surface area contributed by atoms with E-state index in [1.807, 2.05) is 0 Å². The Hall–Kier alpha value is -3.98. The Morgan fingerprint density at radius 1 is 0.902 bits per heavy atom. The largest absolute Gasteiger partial charge is 0.493 e. The maximum absolute atomic E-state index is 6.32. The van der Waals surface area contributed by atoms with E-state index in [2.05, 4.69) is 142 Å². The summed E-state index contributed by atoms with van der Waals surface area (Å²) in [5.74, 6) is 1.92. The molecule has 3 nitrogen and oxygen atoms in total. The Kier molecular flexibility index (Phi) is 7.38. The average Bonchev–Trinajstić information content (AvgIpc) is 2.96. The Balaban J connectivity index is 1.58. The second kappa shape index (κ2) is 11.1. The van der Waals surface area contributed by atoms with Crippen molar-refractivity contribution in [2.24, 2.45) is 5.92 Å². The topological polar surface area (TPSA) is 17.0 Å². The van der Waals surface area contributed by atoms with E-state index in [0.29, 0.717) is 24.4 Å². The van der Waals surface area contributed by atoms with Crippen LogP contribution in [0.25, 0.3) is 28.0 Å². The van der Waals surface area contributed by atoms with Crippen LogP contribution >= 0.6 is 0 Å². The third-order valence-electron chi connectivity index (χ3n) is 8.73. The normalized spacial score (nSPS) is 18.8. The first kappa shape index (κ1) is 27.2. The number of fused-ring (bicyclic) bond motifs is 7. The molecule has 2 aromatic heterocycles. The van der Waals surface area contributed by atoms with Crippen molar-refractivity contribution in [1.29, 1.82) is 0 Å². The molecule has 4 aromatic rings. The molecule has 6 rings (SSSR count). The molecule has 4 heterocycles. The zero-order valence-corrected chi connectivity index (χ0v) is 25.1. The molecule has 0 aliphatic carbocycles. The summed E-state index contributed by atoms with van der Waals surface area (Å²) in [7, 11) is 0. The zero-order valence-electron chi connectivity index (χ0n) is 25.1. The Labute approximate surface area is 245 Å². The summed E-state index contributed by atoms with van der Waals surface area (Å²) >= 11 is 0. The first-order valence-corrected chi connectivity index (χ1v) is 15.1. The van der Waals surface area contributed by atoms with Gasteiger partial charge in [0.1, 0.15) is 5.76 Å². The van der Waals surface area contributed by atoms with Gasteiger partial charge < -0.3 is 4.74 Å². The number of aryl methyl sites for hydroxylation is 1. The number of allylic oxidation sites excluding steroid dienone is 2.